The lowest BCUT2D eigenvalue weighted by atomic mass is 10.3. The zero-order chi connectivity index (χ0) is 14.7. The van der Waals surface area contributed by atoms with Crippen LogP contribution in [0.15, 0.2) is 53.6 Å². The molecule has 3 aromatic rings. The molecule has 0 aliphatic rings. The number of hydrogen-bond donors (Lipinski definition) is 2. The molecule has 7 nitrogen and oxygen atoms in total. The number of nitrogens with one attached hydrogen (secondary N) is 2. The molecule has 2 N–H and O–H groups in total. The Labute approximate surface area is 119 Å². The Bertz CT molecular complexity index is 775. The molecule has 3 rings (SSSR count). The Morgan fingerprint density at radius 3 is 2.67 bits per heavy atom. The predicted octanol–water partition coefficient (Wildman–Crippen LogP) is 2.92. The van der Waals surface area contributed by atoms with Crippen molar-refractivity contribution in [3.8, 4) is 0 Å². The summed E-state index contributed by atoms with van der Waals surface area (Å²) < 4.78 is 0. The predicted molar refractivity (Wildman–Crippen MR) is 80.4 cm³/mol. The van der Waals surface area contributed by atoms with E-state index in [-0.39, 0.29) is 5.69 Å². The molecule has 0 radical (unpaired) electrons. The standard InChI is InChI=1S/C14H11N5O2/c20-19(21)11-7-5-10(6-8-11)18-15-9-14-16-12-3-1-2-4-13(12)17-14/h1-9,18H,(H,16,17). The molecule has 0 atom stereocenters. The van der Waals surface area contributed by atoms with Crippen LogP contribution in [0.5, 0.6) is 0 Å². The van der Waals surface area contributed by atoms with Crippen molar-refractivity contribution < 1.29 is 4.92 Å². The molecule has 0 aliphatic heterocycles. The van der Waals surface area contributed by atoms with Crippen LogP contribution in [0.25, 0.3) is 11.0 Å². The fourth-order valence-electron chi connectivity index (χ4n) is 1.86. The fraction of sp³-hybridized carbons (Fsp3) is 0. The maximum atomic E-state index is 10.5. The third kappa shape index (κ3) is 2.86. The molecule has 1 aromatic heterocycles. The van der Waals surface area contributed by atoms with Gasteiger partial charge in [0.05, 0.1) is 27.9 Å². The SMILES string of the molecule is O=[N+]([O-])c1ccc(NN=Cc2nc3ccccc3[nH]2)cc1. The van der Waals surface area contributed by atoms with Crippen molar-refractivity contribution in [2.45, 2.75) is 0 Å². The average Bonchev–Trinajstić information content (AvgIpc) is 2.90. The van der Waals surface area contributed by atoms with E-state index in [4.69, 9.17) is 0 Å². The smallest absolute Gasteiger partial charge is 0.269 e. The molecule has 21 heavy (non-hydrogen) atoms. The number of aromatic amines is 1. The quantitative estimate of drug-likeness (QED) is 0.436. The third-order valence-corrected chi connectivity index (χ3v) is 2.87. The van der Waals surface area contributed by atoms with Gasteiger partial charge in [0.1, 0.15) is 0 Å². The van der Waals surface area contributed by atoms with E-state index in [0.717, 1.165) is 11.0 Å². The highest BCUT2D eigenvalue weighted by Crippen LogP contribution is 2.15. The normalized spacial score (nSPS) is 11.0. The van der Waals surface area contributed by atoms with E-state index in [1.165, 1.54) is 12.1 Å². The van der Waals surface area contributed by atoms with E-state index < -0.39 is 4.92 Å². The molecule has 104 valence electrons. The number of hydrazone groups is 1. The number of H-pyrrole nitrogens is 1. The van der Waals surface area contributed by atoms with Crippen molar-refractivity contribution in [3.63, 3.8) is 0 Å². The van der Waals surface area contributed by atoms with Gasteiger partial charge in [-0.2, -0.15) is 5.10 Å². The van der Waals surface area contributed by atoms with E-state index in [1.54, 1.807) is 18.3 Å². The van der Waals surface area contributed by atoms with Crippen LogP contribution in [0.1, 0.15) is 5.82 Å². The first kappa shape index (κ1) is 12.8. The summed E-state index contributed by atoms with van der Waals surface area (Å²) >= 11 is 0. The van der Waals surface area contributed by atoms with Gasteiger partial charge in [-0.15, -0.1) is 0 Å². The van der Waals surface area contributed by atoms with E-state index in [2.05, 4.69) is 20.5 Å². The van der Waals surface area contributed by atoms with Gasteiger partial charge in [0, 0.05) is 12.1 Å². The van der Waals surface area contributed by atoms with Gasteiger partial charge in [-0.25, -0.2) is 4.98 Å². The molecule has 0 bridgehead atoms. The topological polar surface area (TPSA) is 96.2 Å². The highest BCUT2D eigenvalue weighted by Gasteiger charge is 2.03. The van der Waals surface area contributed by atoms with E-state index >= 15 is 0 Å². The first-order chi connectivity index (χ1) is 10.2. The molecule has 0 spiro atoms. The minimum atomic E-state index is -0.443. The summed E-state index contributed by atoms with van der Waals surface area (Å²) in [7, 11) is 0. The minimum absolute atomic E-state index is 0.0433. The van der Waals surface area contributed by atoms with Gasteiger partial charge in [-0.3, -0.25) is 15.5 Å². The number of hydrogen-bond acceptors (Lipinski definition) is 5. The van der Waals surface area contributed by atoms with Crippen molar-refractivity contribution in [1.82, 2.24) is 9.97 Å². The molecule has 0 aliphatic carbocycles. The molecule has 0 fully saturated rings. The summed E-state index contributed by atoms with van der Waals surface area (Å²) in [6.07, 6.45) is 1.56. The Morgan fingerprint density at radius 2 is 1.95 bits per heavy atom. The Kier molecular flexibility index (Phi) is 3.30. The Hall–Kier alpha value is -3.22. The lowest BCUT2D eigenvalue weighted by Crippen LogP contribution is -1.93. The zero-order valence-corrected chi connectivity index (χ0v) is 10.9. The molecule has 1 heterocycles. The van der Waals surface area contributed by atoms with Gasteiger partial charge in [0.2, 0.25) is 0 Å². The lowest BCUT2D eigenvalue weighted by molar-refractivity contribution is -0.384. The number of nitro benzene ring substituents is 1. The second-order valence-corrected chi connectivity index (χ2v) is 4.31. The number of fused-ring (bicyclic) bond motifs is 1. The van der Waals surface area contributed by atoms with Crippen LogP contribution in [0, 0.1) is 10.1 Å². The molecule has 7 heteroatoms. The minimum Gasteiger partial charge on any atom is -0.337 e. The fourth-order valence-corrected chi connectivity index (χ4v) is 1.86. The maximum Gasteiger partial charge on any atom is 0.269 e. The summed E-state index contributed by atoms with van der Waals surface area (Å²) in [5.41, 5.74) is 5.30. The number of rotatable bonds is 4. The van der Waals surface area contributed by atoms with E-state index in [0.29, 0.717) is 11.5 Å². The maximum absolute atomic E-state index is 10.5. The summed E-state index contributed by atoms with van der Waals surface area (Å²) in [6, 6.07) is 13.7. The molecule has 0 saturated carbocycles. The van der Waals surface area contributed by atoms with Gasteiger partial charge in [0.15, 0.2) is 5.82 Å². The van der Waals surface area contributed by atoms with Gasteiger partial charge in [0.25, 0.3) is 5.69 Å². The van der Waals surface area contributed by atoms with Crippen LogP contribution >= 0.6 is 0 Å². The first-order valence-corrected chi connectivity index (χ1v) is 6.21. The van der Waals surface area contributed by atoms with Gasteiger partial charge in [-0.1, -0.05) is 12.1 Å². The number of non-ortho nitro benzene ring substituents is 1. The monoisotopic (exact) mass is 281 g/mol. The first-order valence-electron chi connectivity index (χ1n) is 6.21. The summed E-state index contributed by atoms with van der Waals surface area (Å²) in [6.45, 7) is 0. The van der Waals surface area contributed by atoms with Crippen LogP contribution in [-0.4, -0.2) is 21.1 Å². The summed E-state index contributed by atoms with van der Waals surface area (Å²) in [4.78, 5) is 17.6. The second-order valence-electron chi connectivity index (χ2n) is 4.31. The van der Waals surface area contributed by atoms with Crippen LogP contribution < -0.4 is 5.43 Å². The van der Waals surface area contributed by atoms with E-state index in [9.17, 15) is 10.1 Å². The van der Waals surface area contributed by atoms with Crippen LogP contribution in [0.2, 0.25) is 0 Å². The molecule has 0 saturated heterocycles. The largest absolute Gasteiger partial charge is 0.337 e. The molecule has 0 unspecified atom stereocenters. The van der Waals surface area contributed by atoms with E-state index in [1.807, 2.05) is 24.3 Å². The molecule has 2 aromatic carbocycles. The average molecular weight is 281 g/mol. The zero-order valence-electron chi connectivity index (χ0n) is 10.9. The number of anilines is 1. The van der Waals surface area contributed by atoms with Crippen molar-refractivity contribution >= 4 is 28.6 Å². The highest BCUT2D eigenvalue weighted by molar-refractivity contribution is 5.84. The summed E-state index contributed by atoms with van der Waals surface area (Å²) in [5, 5.41) is 14.6. The van der Waals surface area contributed by atoms with Gasteiger partial charge < -0.3 is 4.98 Å². The number of imidazole rings is 1. The number of aromatic nitrogens is 2. The highest BCUT2D eigenvalue weighted by atomic mass is 16.6. The van der Waals surface area contributed by atoms with Crippen LogP contribution in [-0.2, 0) is 0 Å². The Balaban J connectivity index is 1.70. The van der Waals surface area contributed by atoms with Gasteiger partial charge in [-0.05, 0) is 24.3 Å². The van der Waals surface area contributed by atoms with Gasteiger partial charge >= 0.3 is 0 Å². The number of nitrogens with zero attached hydrogens (tertiary/aromatic N) is 3. The van der Waals surface area contributed by atoms with Crippen molar-refractivity contribution in [2.75, 3.05) is 5.43 Å². The van der Waals surface area contributed by atoms with Crippen molar-refractivity contribution in [3.05, 3.63) is 64.5 Å². The third-order valence-electron chi connectivity index (χ3n) is 2.87. The van der Waals surface area contributed by atoms with Crippen LogP contribution in [0.4, 0.5) is 11.4 Å². The lowest BCUT2D eigenvalue weighted by Gasteiger charge is -1.98. The summed E-state index contributed by atoms with van der Waals surface area (Å²) in [5.74, 6) is 0.630. The number of nitro groups is 1. The number of para-hydroxylation sites is 2. The van der Waals surface area contributed by atoms with Crippen LogP contribution in [0.3, 0.4) is 0 Å². The second kappa shape index (κ2) is 5.41. The Morgan fingerprint density at radius 1 is 1.19 bits per heavy atom. The van der Waals surface area contributed by atoms with Crippen molar-refractivity contribution in [1.29, 1.82) is 0 Å². The molecular weight excluding hydrogens is 270 g/mol. The number of benzene rings is 2. The molecule has 0 amide bonds. The van der Waals surface area contributed by atoms with Crippen molar-refractivity contribution in [2.24, 2.45) is 5.10 Å². The molecular formula is C14H11N5O2.